The Bertz CT molecular complexity index is 1900. The third-order valence-electron chi connectivity index (χ3n) is 13.2. The first-order valence-corrected chi connectivity index (χ1v) is 20.5. The number of ketones is 2. The highest BCUT2D eigenvalue weighted by Crippen LogP contribution is 2.70. The number of hydrogen-bond donors (Lipinski definition) is 2. The van der Waals surface area contributed by atoms with Gasteiger partial charge in [0.1, 0.15) is 12.4 Å². The first kappa shape index (κ1) is 36.8. The molecule has 53 heavy (non-hydrogen) atoms. The van der Waals surface area contributed by atoms with Gasteiger partial charge in [0.15, 0.2) is 23.5 Å². The molecule has 2 heterocycles. The van der Waals surface area contributed by atoms with Crippen LogP contribution in [0.25, 0.3) is 0 Å². The minimum Gasteiger partial charge on any atom is -0.491 e. The summed E-state index contributed by atoms with van der Waals surface area (Å²) >= 11 is 0. The number of carbonyl (C=O) groups is 2. The summed E-state index contributed by atoms with van der Waals surface area (Å²) in [6.45, 7) is 7.73. The largest absolute Gasteiger partial charge is 0.491 e. The monoisotopic (exact) mass is 747 g/mol. The molecule has 3 saturated carbocycles. The Balaban J connectivity index is 1.10. The molecule has 0 spiro atoms. The van der Waals surface area contributed by atoms with Crippen molar-refractivity contribution in [2.45, 2.75) is 90.3 Å². The predicted molar refractivity (Wildman–Crippen MR) is 196 cm³/mol. The molecule has 0 bridgehead atoms. The summed E-state index contributed by atoms with van der Waals surface area (Å²) in [6, 6.07) is 12.0. The Labute approximate surface area is 310 Å². The fourth-order valence-electron chi connectivity index (χ4n) is 11.0. The van der Waals surface area contributed by atoms with E-state index in [1.807, 2.05) is 43.3 Å². The number of aliphatic hydroxyl groups excluding tert-OH is 1. The number of rotatable bonds is 11. The molecule has 9 atom stereocenters. The number of Topliss-reactive ketones (excluding diaryl/α,β-unsaturated/α-hetero) is 1. The van der Waals surface area contributed by atoms with E-state index in [2.05, 4.69) is 13.0 Å². The quantitative estimate of drug-likeness (QED) is 0.189. The van der Waals surface area contributed by atoms with E-state index in [-0.39, 0.29) is 43.2 Å². The van der Waals surface area contributed by atoms with Crippen LogP contribution >= 0.6 is 7.82 Å². The minimum atomic E-state index is -4.02. The molecule has 0 unspecified atom stereocenters. The Hall–Kier alpha value is -3.15. The maximum absolute atomic E-state index is 14.8. The van der Waals surface area contributed by atoms with Crippen molar-refractivity contribution in [3.63, 3.8) is 0 Å². The van der Waals surface area contributed by atoms with Crippen LogP contribution in [-0.2, 0) is 50.0 Å². The van der Waals surface area contributed by atoms with Gasteiger partial charge in [0.2, 0.25) is 0 Å². The molecule has 1 saturated heterocycles. The summed E-state index contributed by atoms with van der Waals surface area (Å²) in [7, 11) is -4.02. The molecule has 0 amide bonds. The van der Waals surface area contributed by atoms with Crippen molar-refractivity contribution in [3.8, 4) is 5.75 Å². The van der Waals surface area contributed by atoms with Crippen LogP contribution in [0.1, 0.15) is 81.9 Å². The van der Waals surface area contributed by atoms with Crippen molar-refractivity contribution in [2.24, 2.45) is 28.6 Å². The van der Waals surface area contributed by atoms with Crippen molar-refractivity contribution in [1.82, 2.24) is 0 Å². The fraction of sp³-hybridized carbons (Fsp3) is 0.561. The zero-order valence-corrected chi connectivity index (χ0v) is 31.8. The molecule has 11 nitrogen and oxygen atoms in total. The van der Waals surface area contributed by atoms with Gasteiger partial charge in [0.25, 0.3) is 0 Å². The standard InChI is InChI=1S/C41H50NO10P/c1-5-48-53(46,49-6-2)50-23-34(45)41-35(21-31-30-13-12-27-20-28(43)15-17-39(27,3)36(30)33(44)22-40(31,41)4)51-38(52-41)25-9-7-24(8-10-25)19-26-11-14-32(42)37-29(26)16-18-47-37/h7-11,14-15,17,20,30-31,33,35-36,38,44H,5-6,12-13,16,18-19,21-23,42H2,1-4H3/t30-,31-,33-,35+,36+,38+,39-,40-,41+/m0/s1. The molecular formula is C41H50NO10P. The van der Waals surface area contributed by atoms with Crippen LogP contribution in [0.2, 0.25) is 0 Å². The first-order chi connectivity index (χ1) is 25.4. The average Bonchev–Trinajstić information content (AvgIpc) is 3.83. The zero-order chi connectivity index (χ0) is 37.3. The van der Waals surface area contributed by atoms with Crippen molar-refractivity contribution < 1.29 is 47.0 Å². The van der Waals surface area contributed by atoms with Crippen LogP contribution in [0.3, 0.4) is 0 Å². The van der Waals surface area contributed by atoms with Gasteiger partial charge in [-0.1, -0.05) is 55.8 Å². The fourth-order valence-corrected chi connectivity index (χ4v) is 12.1. The van der Waals surface area contributed by atoms with Gasteiger partial charge in [0.05, 0.1) is 37.7 Å². The summed E-state index contributed by atoms with van der Waals surface area (Å²) in [5, 5.41) is 12.1. The van der Waals surface area contributed by atoms with Crippen molar-refractivity contribution >= 4 is 25.1 Å². The number of allylic oxidation sites excluding steroid dienone is 4. The maximum Gasteiger partial charge on any atom is 0.475 e. The van der Waals surface area contributed by atoms with Crippen LogP contribution < -0.4 is 10.5 Å². The topological polar surface area (TPSA) is 153 Å². The molecule has 2 aromatic rings. The second kappa shape index (κ2) is 13.6. The highest BCUT2D eigenvalue weighted by molar-refractivity contribution is 7.48. The van der Waals surface area contributed by atoms with Gasteiger partial charge >= 0.3 is 7.82 Å². The SMILES string of the molecule is CCOP(=O)(OCC)OCC(=O)[C@@]12O[C@H](c3ccc(Cc4ccc(N)c5c4CCO5)cc3)O[C@@H]1C[C@H]1[C@@H]3CCC4=CC(=O)C=C[C@]4(C)[C@H]3[C@@H](O)C[C@@]12C. The summed E-state index contributed by atoms with van der Waals surface area (Å²) < 4.78 is 49.2. The molecule has 4 aliphatic carbocycles. The molecule has 3 N–H and O–H groups in total. The molecule has 4 fully saturated rings. The first-order valence-electron chi connectivity index (χ1n) is 19.0. The van der Waals surface area contributed by atoms with E-state index in [1.54, 1.807) is 26.0 Å². The second-order valence-electron chi connectivity index (χ2n) is 15.9. The Morgan fingerprint density at radius 1 is 1.06 bits per heavy atom. The zero-order valence-electron chi connectivity index (χ0n) is 30.9. The number of ether oxygens (including phenoxy) is 3. The van der Waals surface area contributed by atoms with Gasteiger partial charge in [-0.15, -0.1) is 0 Å². The Morgan fingerprint density at radius 3 is 2.55 bits per heavy atom. The lowest BCUT2D eigenvalue weighted by Gasteiger charge is -2.59. The molecule has 2 aromatic carbocycles. The number of nitrogen functional groups attached to an aromatic ring is 1. The van der Waals surface area contributed by atoms with Gasteiger partial charge in [-0.3, -0.25) is 23.2 Å². The lowest BCUT2D eigenvalue weighted by Crippen LogP contribution is -2.63. The lowest BCUT2D eigenvalue weighted by atomic mass is 9.46. The van der Waals surface area contributed by atoms with Crippen molar-refractivity contribution in [2.75, 3.05) is 32.2 Å². The van der Waals surface area contributed by atoms with Gasteiger partial charge in [0, 0.05) is 34.3 Å². The molecule has 2 aliphatic heterocycles. The van der Waals surface area contributed by atoms with Gasteiger partial charge in [-0.2, -0.15) is 0 Å². The van der Waals surface area contributed by atoms with E-state index in [9.17, 15) is 19.3 Å². The van der Waals surface area contributed by atoms with Crippen LogP contribution in [0.15, 0.2) is 60.2 Å². The van der Waals surface area contributed by atoms with E-state index in [1.165, 1.54) is 5.56 Å². The maximum atomic E-state index is 14.8. The Morgan fingerprint density at radius 2 is 1.81 bits per heavy atom. The lowest BCUT2D eigenvalue weighted by molar-refractivity contribution is -0.201. The van der Waals surface area contributed by atoms with E-state index >= 15 is 0 Å². The van der Waals surface area contributed by atoms with Crippen LogP contribution in [-0.4, -0.2) is 60.9 Å². The van der Waals surface area contributed by atoms with Crippen LogP contribution in [0, 0.1) is 28.6 Å². The normalized spacial score (nSPS) is 35.5. The van der Waals surface area contributed by atoms with E-state index in [4.69, 9.17) is 33.5 Å². The highest BCUT2D eigenvalue weighted by atomic mass is 31.2. The number of phosphoric acid groups is 1. The summed E-state index contributed by atoms with van der Waals surface area (Å²) in [5.41, 5.74) is 9.22. The number of hydrogen-bond acceptors (Lipinski definition) is 11. The number of aliphatic hydroxyl groups is 1. The number of benzene rings is 2. The molecule has 6 aliphatic rings. The second-order valence-corrected chi connectivity index (χ2v) is 17.5. The summed E-state index contributed by atoms with van der Waals surface area (Å²) in [5.74, 6) is 0.220. The molecule has 284 valence electrons. The molecular weight excluding hydrogens is 697 g/mol. The number of anilines is 1. The Kier molecular flexibility index (Phi) is 9.41. The van der Waals surface area contributed by atoms with Crippen LogP contribution in [0.5, 0.6) is 5.75 Å². The van der Waals surface area contributed by atoms with Crippen molar-refractivity contribution in [3.05, 3.63) is 82.5 Å². The molecule has 0 radical (unpaired) electrons. The molecule has 12 heteroatoms. The van der Waals surface area contributed by atoms with Crippen molar-refractivity contribution in [1.29, 1.82) is 0 Å². The summed E-state index contributed by atoms with van der Waals surface area (Å²) in [6.07, 6.45) is 6.91. The third-order valence-corrected chi connectivity index (χ3v) is 14.8. The summed E-state index contributed by atoms with van der Waals surface area (Å²) in [4.78, 5) is 27.1. The highest BCUT2D eigenvalue weighted by Gasteiger charge is 2.76. The van der Waals surface area contributed by atoms with E-state index < -0.39 is 55.1 Å². The van der Waals surface area contributed by atoms with Gasteiger partial charge in [-0.25, -0.2) is 4.57 Å². The third kappa shape index (κ3) is 5.81. The van der Waals surface area contributed by atoms with Gasteiger partial charge < -0.3 is 25.1 Å². The van der Waals surface area contributed by atoms with E-state index in [0.29, 0.717) is 25.1 Å². The van der Waals surface area contributed by atoms with Gasteiger partial charge in [-0.05, 0) is 87.1 Å². The smallest absolute Gasteiger partial charge is 0.475 e. The predicted octanol–water partition coefficient (Wildman–Crippen LogP) is 6.60. The van der Waals surface area contributed by atoms with Crippen LogP contribution in [0.4, 0.5) is 5.69 Å². The van der Waals surface area contributed by atoms with E-state index in [0.717, 1.165) is 47.3 Å². The number of carbonyl (C=O) groups excluding carboxylic acids is 2. The molecule has 0 aromatic heterocycles. The number of nitrogens with two attached hydrogens (primary N) is 1. The number of fused-ring (bicyclic) bond motifs is 8. The average molecular weight is 748 g/mol. The minimum absolute atomic E-state index is 0.0216. The number of phosphoric ester groups is 1. The molecule has 8 rings (SSSR count).